The fourth-order valence-electron chi connectivity index (χ4n) is 3.71. The number of aryl methyl sites for hydroxylation is 2. The number of benzene rings is 1. The van der Waals surface area contributed by atoms with Crippen LogP contribution in [0.15, 0.2) is 46.3 Å². The summed E-state index contributed by atoms with van der Waals surface area (Å²) in [5, 5.41) is 17.6. The third-order valence-electron chi connectivity index (χ3n) is 5.31. The van der Waals surface area contributed by atoms with Crippen molar-refractivity contribution in [1.29, 1.82) is 0 Å². The van der Waals surface area contributed by atoms with Gasteiger partial charge in [0, 0.05) is 37.1 Å². The first-order valence-corrected chi connectivity index (χ1v) is 11.3. The van der Waals surface area contributed by atoms with E-state index in [1.54, 1.807) is 11.3 Å². The molecule has 8 nitrogen and oxygen atoms in total. The van der Waals surface area contributed by atoms with Crippen molar-refractivity contribution in [1.82, 2.24) is 24.9 Å². The monoisotopic (exact) mass is 434 g/mol. The van der Waals surface area contributed by atoms with Gasteiger partial charge in [0.2, 0.25) is 17.6 Å². The zero-order valence-corrected chi connectivity index (χ0v) is 17.8. The van der Waals surface area contributed by atoms with Gasteiger partial charge >= 0.3 is 0 Å². The minimum absolute atomic E-state index is 0.0973. The lowest BCUT2D eigenvalue weighted by molar-refractivity contribution is -0.116. The van der Waals surface area contributed by atoms with Crippen molar-refractivity contribution in [3.8, 4) is 22.1 Å². The number of hydrogen-bond donors (Lipinski definition) is 1. The highest BCUT2D eigenvalue weighted by Gasteiger charge is 2.16. The van der Waals surface area contributed by atoms with E-state index in [1.165, 1.54) is 12.8 Å². The Bertz CT molecular complexity index is 1160. The maximum Gasteiger partial charge on any atom is 0.227 e. The molecule has 9 heteroatoms. The quantitative estimate of drug-likeness (QED) is 0.484. The Morgan fingerprint density at radius 3 is 2.87 bits per heavy atom. The van der Waals surface area contributed by atoms with E-state index in [4.69, 9.17) is 4.52 Å². The molecule has 0 bridgehead atoms. The van der Waals surface area contributed by atoms with Crippen LogP contribution in [0, 0.1) is 0 Å². The summed E-state index contributed by atoms with van der Waals surface area (Å²) in [6.07, 6.45) is 5.20. The van der Waals surface area contributed by atoms with Gasteiger partial charge in [-0.3, -0.25) is 4.79 Å². The van der Waals surface area contributed by atoms with Crippen LogP contribution in [0.2, 0.25) is 0 Å². The Balaban J connectivity index is 1.18. The van der Waals surface area contributed by atoms with Gasteiger partial charge in [-0.05, 0) is 48.6 Å². The second-order valence-corrected chi connectivity index (χ2v) is 8.46. The number of aromatic nitrogens is 5. The molecule has 1 aliphatic heterocycles. The van der Waals surface area contributed by atoms with E-state index in [9.17, 15) is 4.79 Å². The van der Waals surface area contributed by atoms with Crippen LogP contribution < -0.4 is 5.32 Å². The lowest BCUT2D eigenvalue weighted by Gasteiger charge is -2.08. The number of hydrogen-bond acceptors (Lipinski definition) is 7. The van der Waals surface area contributed by atoms with Crippen LogP contribution in [0.25, 0.3) is 22.1 Å². The first kappa shape index (κ1) is 19.6. The maximum absolute atomic E-state index is 12.3. The number of carbonyl (C=O) groups is 1. The van der Waals surface area contributed by atoms with Crippen LogP contribution in [0.3, 0.4) is 0 Å². The third kappa shape index (κ3) is 4.41. The molecule has 0 atom stereocenters. The number of fused-ring (bicyclic) bond motifs is 1. The van der Waals surface area contributed by atoms with Gasteiger partial charge in [-0.2, -0.15) is 4.98 Å². The van der Waals surface area contributed by atoms with Crippen LogP contribution in [-0.2, 0) is 24.2 Å². The Kier molecular flexibility index (Phi) is 5.57. The van der Waals surface area contributed by atoms with E-state index in [2.05, 4.69) is 30.2 Å². The molecule has 5 rings (SSSR count). The van der Waals surface area contributed by atoms with Crippen molar-refractivity contribution in [2.24, 2.45) is 0 Å². The minimum atomic E-state index is -0.0973. The molecule has 3 aromatic heterocycles. The maximum atomic E-state index is 12.3. The van der Waals surface area contributed by atoms with Crippen LogP contribution in [0.1, 0.15) is 37.4 Å². The smallest absolute Gasteiger partial charge is 0.227 e. The fraction of sp³-hybridized carbons (Fsp3) is 0.318. The molecule has 0 radical (unpaired) electrons. The van der Waals surface area contributed by atoms with Gasteiger partial charge in [-0.1, -0.05) is 17.6 Å². The Morgan fingerprint density at radius 2 is 2.03 bits per heavy atom. The topological polar surface area (TPSA) is 98.7 Å². The summed E-state index contributed by atoms with van der Waals surface area (Å²) in [5.41, 5.74) is 1.75. The first-order valence-electron chi connectivity index (χ1n) is 10.4. The number of rotatable bonds is 6. The summed E-state index contributed by atoms with van der Waals surface area (Å²) in [7, 11) is 0. The van der Waals surface area contributed by atoms with Gasteiger partial charge in [0.05, 0.1) is 4.88 Å². The van der Waals surface area contributed by atoms with Crippen molar-refractivity contribution in [2.45, 2.75) is 45.1 Å². The molecule has 158 valence electrons. The molecular weight excluding hydrogens is 412 g/mol. The molecule has 31 heavy (non-hydrogen) atoms. The molecule has 1 amide bonds. The van der Waals surface area contributed by atoms with Gasteiger partial charge in [0.15, 0.2) is 5.82 Å². The lowest BCUT2D eigenvalue weighted by atomic mass is 10.2. The summed E-state index contributed by atoms with van der Waals surface area (Å²) in [4.78, 5) is 17.6. The van der Waals surface area contributed by atoms with Gasteiger partial charge in [-0.25, -0.2) is 0 Å². The average molecular weight is 435 g/mol. The predicted octanol–water partition coefficient (Wildman–Crippen LogP) is 4.35. The molecule has 0 saturated carbocycles. The zero-order valence-electron chi connectivity index (χ0n) is 17.0. The highest BCUT2D eigenvalue weighted by atomic mass is 32.1. The Morgan fingerprint density at radius 1 is 1.13 bits per heavy atom. The van der Waals surface area contributed by atoms with Crippen LogP contribution in [-0.4, -0.2) is 30.8 Å². The van der Waals surface area contributed by atoms with Gasteiger partial charge in [0.25, 0.3) is 0 Å². The standard InChI is InChI=1S/C22H22N6O2S/c29-19(11-12-20-24-21(27-30-20)17-5-4-14-31-17)23-16-9-7-15(8-10-16)22-26-25-18-6-2-1-3-13-28(18)22/h4-5,7-10,14H,1-3,6,11-13H2,(H,23,29). The largest absolute Gasteiger partial charge is 0.339 e. The normalized spacial score (nSPS) is 13.5. The van der Waals surface area contributed by atoms with Gasteiger partial charge in [-0.15, -0.1) is 21.5 Å². The summed E-state index contributed by atoms with van der Waals surface area (Å²) in [5.74, 6) is 2.88. The van der Waals surface area contributed by atoms with Crippen molar-refractivity contribution < 1.29 is 9.32 Å². The Hall–Kier alpha value is -3.33. The van der Waals surface area contributed by atoms with Gasteiger partial charge < -0.3 is 14.4 Å². The molecule has 0 saturated heterocycles. The minimum Gasteiger partial charge on any atom is -0.339 e. The summed E-state index contributed by atoms with van der Waals surface area (Å²) in [6, 6.07) is 11.6. The van der Waals surface area contributed by atoms with E-state index in [1.807, 2.05) is 41.8 Å². The number of thiophene rings is 1. The van der Waals surface area contributed by atoms with Crippen LogP contribution >= 0.6 is 11.3 Å². The highest BCUT2D eigenvalue weighted by Crippen LogP contribution is 2.24. The van der Waals surface area contributed by atoms with Crippen LogP contribution in [0.4, 0.5) is 5.69 Å². The molecule has 1 aliphatic rings. The molecule has 1 aromatic carbocycles. The molecule has 0 aliphatic carbocycles. The molecule has 0 fully saturated rings. The van der Waals surface area contributed by atoms with E-state index < -0.39 is 0 Å². The predicted molar refractivity (Wildman–Crippen MR) is 118 cm³/mol. The molecule has 4 heterocycles. The first-order chi connectivity index (χ1) is 15.3. The molecular formula is C22H22N6O2S. The van der Waals surface area contributed by atoms with Crippen molar-refractivity contribution in [3.63, 3.8) is 0 Å². The van der Waals surface area contributed by atoms with Crippen molar-refractivity contribution in [3.05, 3.63) is 53.5 Å². The summed E-state index contributed by atoms with van der Waals surface area (Å²) >= 11 is 1.55. The number of nitrogens with one attached hydrogen (secondary N) is 1. The number of amides is 1. The second-order valence-electron chi connectivity index (χ2n) is 7.52. The van der Waals surface area contributed by atoms with Crippen molar-refractivity contribution >= 4 is 22.9 Å². The number of anilines is 1. The third-order valence-corrected chi connectivity index (χ3v) is 6.18. The fourth-order valence-corrected chi connectivity index (χ4v) is 4.36. The van der Waals surface area contributed by atoms with E-state index in [0.29, 0.717) is 18.1 Å². The Labute approximate surface area is 183 Å². The SMILES string of the molecule is O=C(CCc1nc(-c2cccs2)no1)Nc1ccc(-c2nnc3n2CCCCC3)cc1. The number of carbonyl (C=O) groups excluding carboxylic acids is 1. The summed E-state index contributed by atoms with van der Waals surface area (Å²) < 4.78 is 7.47. The highest BCUT2D eigenvalue weighted by molar-refractivity contribution is 7.13. The molecule has 4 aromatic rings. The molecule has 1 N–H and O–H groups in total. The number of nitrogens with zero attached hydrogens (tertiary/aromatic N) is 5. The lowest BCUT2D eigenvalue weighted by Crippen LogP contribution is -2.12. The van der Waals surface area contributed by atoms with Gasteiger partial charge in [0.1, 0.15) is 5.82 Å². The van der Waals surface area contributed by atoms with Crippen LogP contribution in [0.5, 0.6) is 0 Å². The second kappa shape index (κ2) is 8.81. The zero-order chi connectivity index (χ0) is 21.0. The molecule has 0 unspecified atom stereocenters. The molecule has 0 spiro atoms. The summed E-state index contributed by atoms with van der Waals surface area (Å²) in [6.45, 7) is 0.958. The average Bonchev–Trinajstić information content (AvgIpc) is 3.52. The van der Waals surface area contributed by atoms with Crippen molar-refractivity contribution in [2.75, 3.05) is 5.32 Å². The van der Waals surface area contributed by atoms with E-state index in [-0.39, 0.29) is 12.3 Å². The van der Waals surface area contributed by atoms with E-state index >= 15 is 0 Å². The van der Waals surface area contributed by atoms with E-state index in [0.717, 1.165) is 47.2 Å².